The van der Waals surface area contributed by atoms with Crippen molar-refractivity contribution in [3.05, 3.63) is 24.3 Å². The van der Waals surface area contributed by atoms with Crippen LogP contribution in [0.1, 0.15) is 33.6 Å². The average Bonchev–Trinajstić information content (AvgIpc) is 3.36. The minimum atomic E-state index is -3.67. The SMILES string of the molecule is COc1ccc(S(=O)(=O)N(CC[C@H](C)NC(=O)O[C@H]2CO[C@H]3OCC[C@H]32)CC(C)C)cc1. The third-order valence-electron chi connectivity index (χ3n) is 5.69. The molecule has 9 nitrogen and oxygen atoms in total. The highest BCUT2D eigenvalue weighted by molar-refractivity contribution is 7.89. The molecule has 1 N–H and O–H groups in total. The maximum absolute atomic E-state index is 13.2. The van der Waals surface area contributed by atoms with E-state index in [1.165, 1.54) is 11.4 Å². The number of carbonyl (C=O) groups is 1. The molecule has 4 atom stereocenters. The van der Waals surface area contributed by atoms with E-state index < -0.39 is 16.1 Å². The Morgan fingerprint density at radius 1 is 1.22 bits per heavy atom. The van der Waals surface area contributed by atoms with Crippen LogP contribution >= 0.6 is 0 Å². The minimum absolute atomic E-state index is 0.0761. The lowest BCUT2D eigenvalue weighted by Crippen LogP contribution is -2.41. The second-order valence-corrected chi connectivity index (χ2v) is 10.7. The van der Waals surface area contributed by atoms with Gasteiger partial charge in [-0.25, -0.2) is 13.2 Å². The van der Waals surface area contributed by atoms with Crippen LogP contribution in [0.5, 0.6) is 5.75 Å². The maximum Gasteiger partial charge on any atom is 0.407 e. The van der Waals surface area contributed by atoms with E-state index in [0.717, 1.165) is 6.42 Å². The summed E-state index contributed by atoms with van der Waals surface area (Å²) in [5.74, 6) is 0.825. The van der Waals surface area contributed by atoms with E-state index in [-0.39, 0.29) is 41.7 Å². The van der Waals surface area contributed by atoms with Crippen LogP contribution in [0.4, 0.5) is 4.79 Å². The van der Waals surface area contributed by atoms with Gasteiger partial charge in [0, 0.05) is 19.1 Å². The number of methoxy groups -OCH3 is 1. The van der Waals surface area contributed by atoms with Crippen LogP contribution in [0, 0.1) is 11.8 Å². The smallest absolute Gasteiger partial charge is 0.407 e. The molecule has 0 aromatic heterocycles. The Balaban J connectivity index is 1.55. The number of rotatable bonds is 10. The highest BCUT2D eigenvalue weighted by Crippen LogP contribution is 2.33. The van der Waals surface area contributed by atoms with E-state index >= 15 is 0 Å². The molecule has 32 heavy (non-hydrogen) atoms. The molecule has 0 aliphatic carbocycles. The molecular formula is C22H34N2O7S. The van der Waals surface area contributed by atoms with Crippen LogP contribution in [0.25, 0.3) is 0 Å². The molecular weight excluding hydrogens is 436 g/mol. The Hall–Kier alpha value is -1.88. The van der Waals surface area contributed by atoms with Crippen molar-refractivity contribution in [1.29, 1.82) is 0 Å². The first-order chi connectivity index (χ1) is 15.2. The number of carbonyl (C=O) groups excluding carboxylic acids is 1. The predicted molar refractivity (Wildman–Crippen MR) is 118 cm³/mol. The number of ether oxygens (including phenoxy) is 4. The van der Waals surface area contributed by atoms with Crippen molar-refractivity contribution >= 4 is 16.1 Å². The molecule has 1 aromatic rings. The fourth-order valence-electron chi connectivity index (χ4n) is 3.94. The highest BCUT2D eigenvalue weighted by atomic mass is 32.2. The number of benzene rings is 1. The van der Waals surface area contributed by atoms with Crippen molar-refractivity contribution in [3.8, 4) is 5.75 Å². The van der Waals surface area contributed by atoms with Gasteiger partial charge in [0.2, 0.25) is 10.0 Å². The zero-order valence-corrected chi connectivity index (χ0v) is 20.0. The topological polar surface area (TPSA) is 103 Å². The van der Waals surface area contributed by atoms with Gasteiger partial charge >= 0.3 is 6.09 Å². The quantitative estimate of drug-likeness (QED) is 0.561. The van der Waals surface area contributed by atoms with Crippen LogP contribution < -0.4 is 10.1 Å². The Morgan fingerprint density at radius 3 is 2.59 bits per heavy atom. The largest absolute Gasteiger partial charge is 0.497 e. The van der Waals surface area contributed by atoms with Crippen LogP contribution in [0.15, 0.2) is 29.2 Å². The normalized spacial score (nSPS) is 23.9. The molecule has 10 heteroatoms. The van der Waals surface area contributed by atoms with E-state index in [1.54, 1.807) is 24.3 Å². The number of alkyl carbamates (subject to hydrolysis) is 1. The number of sulfonamides is 1. The van der Waals surface area contributed by atoms with Crippen molar-refractivity contribution in [2.45, 2.75) is 56.9 Å². The fourth-order valence-corrected chi connectivity index (χ4v) is 5.56. The number of amides is 1. The summed E-state index contributed by atoms with van der Waals surface area (Å²) in [6.07, 6.45) is 0.145. The second-order valence-electron chi connectivity index (χ2n) is 8.74. The van der Waals surface area contributed by atoms with E-state index in [2.05, 4.69) is 5.32 Å². The summed E-state index contributed by atoms with van der Waals surface area (Å²) in [4.78, 5) is 12.5. The van der Waals surface area contributed by atoms with Crippen molar-refractivity contribution in [2.24, 2.45) is 11.8 Å². The summed E-state index contributed by atoms with van der Waals surface area (Å²) in [6.45, 7) is 7.38. The fraction of sp³-hybridized carbons (Fsp3) is 0.682. The molecule has 2 aliphatic rings. The zero-order valence-electron chi connectivity index (χ0n) is 19.2. The molecule has 2 saturated heterocycles. The zero-order chi connectivity index (χ0) is 23.3. The Morgan fingerprint density at radius 2 is 1.94 bits per heavy atom. The Labute approximate surface area is 190 Å². The molecule has 0 bridgehead atoms. The van der Waals surface area contributed by atoms with Gasteiger partial charge in [0.05, 0.1) is 31.1 Å². The lowest BCUT2D eigenvalue weighted by atomic mass is 10.0. The van der Waals surface area contributed by atoms with Gasteiger partial charge in [0.1, 0.15) is 11.9 Å². The van der Waals surface area contributed by atoms with E-state index in [4.69, 9.17) is 18.9 Å². The molecule has 2 aliphatic heterocycles. The van der Waals surface area contributed by atoms with Crippen LogP contribution in [0.3, 0.4) is 0 Å². The Bertz CT molecular complexity index is 860. The average molecular weight is 471 g/mol. The number of nitrogens with zero attached hydrogens (tertiary/aromatic N) is 1. The summed E-state index contributed by atoms with van der Waals surface area (Å²) in [7, 11) is -2.14. The van der Waals surface area contributed by atoms with Crippen LogP contribution in [0.2, 0.25) is 0 Å². The first kappa shape index (κ1) is 24.8. The van der Waals surface area contributed by atoms with E-state index in [1.807, 2.05) is 20.8 Å². The molecule has 0 saturated carbocycles. The van der Waals surface area contributed by atoms with Gasteiger partial charge in [-0.3, -0.25) is 0 Å². The number of hydrogen-bond acceptors (Lipinski definition) is 7. The Kier molecular flexibility index (Phi) is 8.37. The van der Waals surface area contributed by atoms with Crippen LogP contribution in [-0.2, 0) is 24.2 Å². The molecule has 2 heterocycles. The molecule has 2 fully saturated rings. The molecule has 0 spiro atoms. The van der Waals surface area contributed by atoms with Gasteiger partial charge in [-0.2, -0.15) is 4.31 Å². The van der Waals surface area contributed by atoms with Crippen molar-refractivity contribution in [3.63, 3.8) is 0 Å². The van der Waals surface area contributed by atoms with Crippen molar-refractivity contribution < 1.29 is 32.2 Å². The second kappa shape index (κ2) is 10.8. The van der Waals surface area contributed by atoms with Gasteiger partial charge in [-0.1, -0.05) is 13.8 Å². The minimum Gasteiger partial charge on any atom is -0.497 e. The van der Waals surface area contributed by atoms with Crippen LogP contribution in [-0.4, -0.2) is 70.7 Å². The highest BCUT2D eigenvalue weighted by Gasteiger charge is 2.43. The van der Waals surface area contributed by atoms with E-state index in [0.29, 0.717) is 31.9 Å². The number of fused-ring (bicyclic) bond motifs is 1. The van der Waals surface area contributed by atoms with Gasteiger partial charge in [-0.05, 0) is 49.9 Å². The standard InChI is InChI=1S/C22H34N2O7S/c1-15(2)13-24(32(26,27)18-7-5-17(28-4)6-8-18)11-9-16(3)23-22(25)31-20-14-30-21-19(20)10-12-29-21/h5-8,15-16,19-21H,9-14H2,1-4H3,(H,23,25)/t16-,19-,20-,21+/m0/s1. The van der Waals surface area contributed by atoms with Gasteiger partial charge in [-0.15, -0.1) is 0 Å². The molecule has 0 radical (unpaired) electrons. The summed E-state index contributed by atoms with van der Waals surface area (Å²) in [6, 6.07) is 6.09. The van der Waals surface area contributed by atoms with Gasteiger partial charge < -0.3 is 24.3 Å². The first-order valence-corrected chi connectivity index (χ1v) is 12.5. The summed E-state index contributed by atoms with van der Waals surface area (Å²) >= 11 is 0. The third-order valence-corrected chi connectivity index (χ3v) is 7.56. The molecule has 1 aromatic carbocycles. The summed E-state index contributed by atoms with van der Waals surface area (Å²) in [5, 5.41) is 2.81. The molecule has 0 unspecified atom stereocenters. The van der Waals surface area contributed by atoms with E-state index in [9.17, 15) is 13.2 Å². The summed E-state index contributed by atoms with van der Waals surface area (Å²) in [5.41, 5.74) is 0. The van der Waals surface area contributed by atoms with Crippen molar-refractivity contribution in [2.75, 3.05) is 33.4 Å². The first-order valence-electron chi connectivity index (χ1n) is 11.0. The van der Waals surface area contributed by atoms with Gasteiger partial charge in [0.25, 0.3) is 0 Å². The molecule has 1 amide bonds. The lowest BCUT2D eigenvalue weighted by Gasteiger charge is -2.26. The van der Waals surface area contributed by atoms with Crippen molar-refractivity contribution in [1.82, 2.24) is 9.62 Å². The monoisotopic (exact) mass is 470 g/mol. The number of nitrogens with one attached hydrogen (secondary N) is 1. The maximum atomic E-state index is 13.2. The lowest BCUT2D eigenvalue weighted by molar-refractivity contribution is -0.0907. The van der Waals surface area contributed by atoms with Gasteiger partial charge in [0.15, 0.2) is 6.29 Å². The summed E-state index contributed by atoms with van der Waals surface area (Å²) < 4.78 is 49.4. The number of hydrogen-bond donors (Lipinski definition) is 1. The molecule has 180 valence electrons. The predicted octanol–water partition coefficient (Wildman–Crippen LogP) is 2.61. The molecule has 3 rings (SSSR count). The third kappa shape index (κ3) is 6.12.